The van der Waals surface area contributed by atoms with Crippen LogP contribution in [0.3, 0.4) is 0 Å². The molecule has 1 aromatic heterocycles. The topological polar surface area (TPSA) is 73.5 Å². The lowest BCUT2D eigenvalue weighted by Crippen LogP contribution is -2.26. The van der Waals surface area contributed by atoms with Gasteiger partial charge in [0.25, 0.3) is 0 Å². The van der Waals surface area contributed by atoms with E-state index < -0.39 is 6.16 Å². The largest absolute Gasteiger partial charge is 0.511 e. The van der Waals surface area contributed by atoms with Crippen LogP contribution in [-0.4, -0.2) is 20.4 Å². The van der Waals surface area contributed by atoms with Gasteiger partial charge in [-0.2, -0.15) is 0 Å². The Morgan fingerprint density at radius 3 is 2.31 bits per heavy atom. The van der Waals surface area contributed by atoms with Crippen molar-refractivity contribution in [2.24, 2.45) is 0 Å². The molecule has 0 aliphatic rings. The van der Waals surface area contributed by atoms with Crippen molar-refractivity contribution in [3.8, 4) is 16.9 Å². The molecule has 1 N–H and O–H groups in total. The number of carboxylic acid groups (broad SMARTS) is 1. The minimum absolute atomic E-state index is 0.0614. The predicted molar refractivity (Wildman–Crippen MR) is 127 cm³/mol. The lowest BCUT2D eigenvalue weighted by atomic mass is 10.0. The highest BCUT2D eigenvalue weighted by atomic mass is 16.7. The fraction of sp³-hybridized carbons (Fsp3) is 0.385. The molecule has 0 unspecified atom stereocenters. The number of para-hydroxylation sites is 1. The van der Waals surface area contributed by atoms with Crippen molar-refractivity contribution in [2.45, 2.75) is 66.0 Å². The van der Waals surface area contributed by atoms with Crippen LogP contribution in [0.15, 0.2) is 53.3 Å². The first kappa shape index (κ1) is 23.4. The highest BCUT2D eigenvalue weighted by molar-refractivity contribution is 5.74. The smallest absolute Gasteiger partial charge is 0.449 e. The number of nitrogens with zero attached hydrogens (tertiary/aromatic N) is 2. The molecule has 0 amide bonds. The van der Waals surface area contributed by atoms with Gasteiger partial charge in [-0.25, -0.2) is 9.59 Å². The van der Waals surface area contributed by atoms with Crippen molar-refractivity contribution in [2.75, 3.05) is 0 Å². The van der Waals surface area contributed by atoms with Crippen LogP contribution in [0, 0.1) is 6.92 Å². The lowest BCUT2D eigenvalue weighted by Gasteiger charge is -2.11. The number of carbonyl (C=O) groups is 1. The van der Waals surface area contributed by atoms with Gasteiger partial charge >= 0.3 is 11.8 Å². The van der Waals surface area contributed by atoms with E-state index >= 15 is 0 Å². The van der Waals surface area contributed by atoms with Crippen LogP contribution in [0.5, 0.6) is 5.75 Å². The van der Waals surface area contributed by atoms with E-state index in [9.17, 15) is 9.59 Å². The summed E-state index contributed by atoms with van der Waals surface area (Å²) in [4.78, 5) is 24.2. The summed E-state index contributed by atoms with van der Waals surface area (Å²) in [6.07, 6.45) is 3.74. The van der Waals surface area contributed by atoms with Crippen LogP contribution < -0.4 is 10.4 Å². The quantitative estimate of drug-likeness (QED) is 0.318. The van der Waals surface area contributed by atoms with Crippen molar-refractivity contribution in [3.05, 3.63) is 76.0 Å². The molecule has 32 heavy (non-hydrogen) atoms. The molecule has 1 heterocycles. The zero-order valence-electron chi connectivity index (χ0n) is 19.1. The van der Waals surface area contributed by atoms with Gasteiger partial charge < -0.3 is 9.84 Å². The summed E-state index contributed by atoms with van der Waals surface area (Å²) >= 11 is 0. The normalized spacial score (nSPS) is 11.0. The molecule has 2 aromatic carbocycles. The van der Waals surface area contributed by atoms with Crippen LogP contribution in [0.1, 0.15) is 56.5 Å². The van der Waals surface area contributed by atoms with Crippen LogP contribution in [-0.2, 0) is 19.5 Å². The average Bonchev–Trinajstić information content (AvgIpc) is 3.00. The summed E-state index contributed by atoms with van der Waals surface area (Å²) < 4.78 is 8.74. The van der Waals surface area contributed by atoms with Crippen molar-refractivity contribution in [1.82, 2.24) is 9.13 Å². The van der Waals surface area contributed by atoms with E-state index in [0.29, 0.717) is 17.9 Å². The molecule has 170 valence electrons. The monoisotopic (exact) mass is 436 g/mol. The maximum Gasteiger partial charge on any atom is 0.511 e. The number of imidazole rings is 1. The molecule has 3 rings (SSSR count). The lowest BCUT2D eigenvalue weighted by molar-refractivity contribution is 0.144. The number of unbranched alkanes of at least 4 members (excludes halogenated alkanes) is 2. The Bertz CT molecular complexity index is 1110. The van der Waals surface area contributed by atoms with Crippen LogP contribution in [0.2, 0.25) is 0 Å². The maximum absolute atomic E-state index is 13.2. The van der Waals surface area contributed by atoms with Gasteiger partial charge in [-0.15, -0.1) is 0 Å². The summed E-state index contributed by atoms with van der Waals surface area (Å²) in [6, 6.07) is 14.9. The molecule has 0 saturated heterocycles. The fourth-order valence-electron chi connectivity index (χ4n) is 4.02. The molecule has 3 aromatic rings. The Hall–Kier alpha value is -3.28. The van der Waals surface area contributed by atoms with Gasteiger partial charge in [-0.3, -0.25) is 9.13 Å². The molecule has 6 heteroatoms. The van der Waals surface area contributed by atoms with E-state index in [0.717, 1.165) is 61.2 Å². The molecule has 0 spiro atoms. The summed E-state index contributed by atoms with van der Waals surface area (Å²) in [5.41, 5.74) is 4.86. The van der Waals surface area contributed by atoms with Gasteiger partial charge in [0, 0.05) is 23.5 Å². The third kappa shape index (κ3) is 5.31. The molecular weight excluding hydrogens is 404 g/mol. The second kappa shape index (κ2) is 10.8. The third-order valence-electron chi connectivity index (χ3n) is 5.80. The minimum Gasteiger partial charge on any atom is -0.449 e. The molecule has 0 aliphatic heterocycles. The standard InChI is InChI=1S/C26H32N2O4/c1-4-6-11-23-19(3)27(17-7-5-2)25(29)28(23)18-20-13-15-21(16-14-20)22-10-8-9-12-24(22)32-26(30)31/h8-10,12-16H,4-7,11,17-18H2,1-3H3,(H,30,31). The molecule has 0 aliphatic carbocycles. The van der Waals surface area contributed by atoms with Gasteiger partial charge in [-0.1, -0.05) is 69.2 Å². The first-order valence-electron chi connectivity index (χ1n) is 11.3. The number of rotatable bonds is 10. The summed E-state index contributed by atoms with van der Waals surface area (Å²) in [7, 11) is 0. The number of hydrogen-bond acceptors (Lipinski definition) is 3. The van der Waals surface area contributed by atoms with Crippen molar-refractivity contribution < 1.29 is 14.6 Å². The zero-order chi connectivity index (χ0) is 23.1. The third-order valence-corrected chi connectivity index (χ3v) is 5.80. The average molecular weight is 437 g/mol. The van der Waals surface area contributed by atoms with Gasteiger partial charge in [0.05, 0.1) is 6.54 Å². The molecule has 0 radical (unpaired) electrons. The minimum atomic E-state index is -1.34. The molecule has 0 atom stereocenters. The van der Waals surface area contributed by atoms with E-state index in [2.05, 4.69) is 20.8 Å². The Kier molecular flexibility index (Phi) is 7.92. The first-order valence-corrected chi connectivity index (χ1v) is 11.3. The highest BCUT2D eigenvalue weighted by Gasteiger charge is 2.17. The predicted octanol–water partition coefficient (Wildman–Crippen LogP) is 5.87. The van der Waals surface area contributed by atoms with E-state index in [1.54, 1.807) is 12.1 Å². The zero-order valence-corrected chi connectivity index (χ0v) is 19.1. The van der Waals surface area contributed by atoms with Crippen molar-refractivity contribution >= 4 is 6.16 Å². The molecule has 0 fully saturated rings. The Balaban J connectivity index is 1.90. The van der Waals surface area contributed by atoms with Crippen LogP contribution in [0.4, 0.5) is 4.79 Å². The number of hydrogen-bond donors (Lipinski definition) is 1. The fourth-order valence-corrected chi connectivity index (χ4v) is 4.02. The van der Waals surface area contributed by atoms with Gasteiger partial charge in [-0.05, 0) is 43.4 Å². The van der Waals surface area contributed by atoms with E-state index in [1.165, 1.54) is 0 Å². The van der Waals surface area contributed by atoms with E-state index in [-0.39, 0.29) is 5.69 Å². The summed E-state index contributed by atoms with van der Waals surface area (Å²) in [6.45, 7) is 7.63. The Morgan fingerprint density at radius 1 is 0.969 bits per heavy atom. The van der Waals surface area contributed by atoms with Crippen molar-refractivity contribution in [3.63, 3.8) is 0 Å². The number of aromatic nitrogens is 2. The maximum atomic E-state index is 13.2. The summed E-state index contributed by atoms with van der Waals surface area (Å²) in [5.74, 6) is 0.300. The first-order chi connectivity index (χ1) is 15.5. The number of benzene rings is 2. The second-order valence-electron chi connectivity index (χ2n) is 8.07. The molecule has 0 bridgehead atoms. The highest BCUT2D eigenvalue weighted by Crippen LogP contribution is 2.30. The van der Waals surface area contributed by atoms with Crippen LogP contribution in [0.25, 0.3) is 11.1 Å². The molecule has 6 nitrogen and oxygen atoms in total. The van der Waals surface area contributed by atoms with Gasteiger partial charge in [0.15, 0.2) is 0 Å². The molecule has 0 saturated carbocycles. The van der Waals surface area contributed by atoms with Crippen LogP contribution >= 0.6 is 0 Å². The second-order valence-corrected chi connectivity index (χ2v) is 8.07. The number of ether oxygens (including phenoxy) is 1. The summed E-state index contributed by atoms with van der Waals surface area (Å²) in [5, 5.41) is 8.98. The van der Waals surface area contributed by atoms with Gasteiger partial charge in [0.1, 0.15) is 5.75 Å². The Labute approximate surface area is 189 Å². The SMILES string of the molecule is CCCCc1c(C)n(CCCC)c(=O)n1Cc1ccc(-c2ccccc2OC(=O)O)cc1. The Morgan fingerprint density at radius 2 is 1.66 bits per heavy atom. The van der Waals surface area contributed by atoms with E-state index in [4.69, 9.17) is 9.84 Å². The van der Waals surface area contributed by atoms with E-state index in [1.807, 2.05) is 45.5 Å². The van der Waals surface area contributed by atoms with Crippen molar-refractivity contribution in [1.29, 1.82) is 0 Å². The molecular formula is C26H32N2O4. The van der Waals surface area contributed by atoms with Gasteiger partial charge in [0.2, 0.25) is 0 Å².